The first-order chi connectivity index (χ1) is 12.0. The van der Waals surface area contributed by atoms with Crippen molar-refractivity contribution in [1.82, 2.24) is 9.88 Å². The fourth-order valence-corrected chi connectivity index (χ4v) is 3.39. The molecular weight excluding hydrogens is 362 g/mol. The second-order valence-electron chi connectivity index (χ2n) is 4.92. The number of thioether (sulfide) groups is 1. The number of carbonyl (C=O) groups is 2. The van der Waals surface area contributed by atoms with Crippen molar-refractivity contribution < 1.29 is 14.5 Å². The lowest BCUT2D eigenvalue weighted by molar-refractivity contribution is -0.384. The van der Waals surface area contributed by atoms with E-state index in [1.165, 1.54) is 42.7 Å². The van der Waals surface area contributed by atoms with Gasteiger partial charge in [-0.15, -0.1) is 0 Å². The van der Waals surface area contributed by atoms with E-state index >= 15 is 0 Å². The molecule has 25 heavy (non-hydrogen) atoms. The average molecular weight is 371 g/mol. The van der Waals surface area contributed by atoms with Gasteiger partial charge < -0.3 is 0 Å². The third-order valence-corrected chi connectivity index (χ3v) is 4.59. The second kappa shape index (κ2) is 6.91. The number of aromatic nitrogens is 1. The topological polar surface area (TPSA) is 93.4 Å². The number of amides is 2. The summed E-state index contributed by atoms with van der Waals surface area (Å²) in [6.07, 6.45) is 4.34. The molecule has 1 aliphatic rings. The number of nitro benzene ring substituents is 1. The fourth-order valence-electron chi connectivity index (χ4n) is 2.14. The van der Waals surface area contributed by atoms with E-state index < -0.39 is 16.7 Å². The van der Waals surface area contributed by atoms with Crippen LogP contribution in [0.1, 0.15) is 15.9 Å². The van der Waals surface area contributed by atoms with Gasteiger partial charge in [0, 0.05) is 24.5 Å². The summed E-state index contributed by atoms with van der Waals surface area (Å²) in [4.78, 5) is 40.3. The van der Waals surface area contributed by atoms with Gasteiger partial charge in [-0.1, -0.05) is 36.1 Å². The summed E-state index contributed by atoms with van der Waals surface area (Å²) in [6, 6.07) is 8.97. The molecule has 0 radical (unpaired) electrons. The molecule has 0 unspecified atom stereocenters. The Bertz CT molecular complexity index is 928. The number of imide groups is 1. The van der Waals surface area contributed by atoms with Gasteiger partial charge in [0.25, 0.3) is 17.5 Å². The zero-order chi connectivity index (χ0) is 18.0. The molecule has 9 heteroatoms. The number of rotatable bonds is 3. The maximum Gasteiger partial charge on any atom is 0.273 e. The standard InChI is InChI=1S/C16H9N3O4S2/c20-14(11-4-2-6-17-9-11)18-15(21)13(25-16(18)24)8-10-3-1-5-12(7-10)19(22)23/h1-9H/b13-8-. The Morgan fingerprint density at radius 2 is 2.12 bits per heavy atom. The fraction of sp³-hybridized carbons (Fsp3) is 0. The normalized spacial score (nSPS) is 15.7. The number of pyridine rings is 1. The molecule has 2 amide bonds. The van der Waals surface area contributed by atoms with E-state index in [1.54, 1.807) is 12.1 Å². The van der Waals surface area contributed by atoms with Crippen LogP contribution in [0, 0.1) is 10.1 Å². The van der Waals surface area contributed by atoms with Crippen molar-refractivity contribution in [2.24, 2.45) is 0 Å². The van der Waals surface area contributed by atoms with Crippen molar-refractivity contribution in [1.29, 1.82) is 0 Å². The van der Waals surface area contributed by atoms with E-state index in [1.807, 2.05) is 0 Å². The SMILES string of the molecule is O=C1/C(=C/c2cccc([N+](=O)[O-])c2)SC(=S)N1C(=O)c1cccnc1. The third-order valence-electron chi connectivity index (χ3n) is 3.28. The summed E-state index contributed by atoms with van der Waals surface area (Å²) in [5.74, 6) is -1.12. The summed E-state index contributed by atoms with van der Waals surface area (Å²) in [5, 5.41) is 10.8. The predicted octanol–water partition coefficient (Wildman–Crippen LogP) is 3.03. The molecule has 1 fully saturated rings. The van der Waals surface area contributed by atoms with E-state index in [9.17, 15) is 19.7 Å². The number of thiocarbonyl (C=S) groups is 1. The maximum absolute atomic E-state index is 12.5. The van der Waals surface area contributed by atoms with Crippen LogP contribution >= 0.6 is 24.0 Å². The van der Waals surface area contributed by atoms with Crippen molar-refractivity contribution in [3.8, 4) is 0 Å². The Hall–Kier alpha value is -2.91. The number of benzene rings is 1. The highest BCUT2D eigenvalue weighted by molar-refractivity contribution is 8.26. The number of nitrogens with zero attached hydrogens (tertiary/aromatic N) is 3. The Morgan fingerprint density at radius 3 is 2.80 bits per heavy atom. The van der Waals surface area contributed by atoms with Crippen molar-refractivity contribution in [3.63, 3.8) is 0 Å². The zero-order valence-electron chi connectivity index (χ0n) is 12.5. The van der Waals surface area contributed by atoms with Crippen LogP contribution in [0.4, 0.5) is 5.69 Å². The summed E-state index contributed by atoms with van der Waals surface area (Å²) in [7, 11) is 0. The molecule has 0 N–H and O–H groups in total. The lowest BCUT2D eigenvalue weighted by atomic mass is 10.2. The minimum Gasteiger partial charge on any atom is -0.268 e. The molecule has 2 aromatic rings. The number of hydrogen-bond acceptors (Lipinski definition) is 7. The van der Waals surface area contributed by atoms with Crippen LogP contribution in [0.3, 0.4) is 0 Å². The van der Waals surface area contributed by atoms with Gasteiger partial charge >= 0.3 is 0 Å². The Morgan fingerprint density at radius 1 is 1.32 bits per heavy atom. The largest absolute Gasteiger partial charge is 0.273 e. The molecule has 0 spiro atoms. The van der Waals surface area contributed by atoms with Gasteiger partial charge in [-0.25, -0.2) is 4.90 Å². The van der Waals surface area contributed by atoms with E-state index in [4.69, 9.17) is 12.2 Å². The number of carbonyl (C=O) groups excluding carboxylic acids is 2. The highest BCUT2D eigenvalue weighted by Crippen LogP contribution is 2.33. The van der Waals surface area contributed by atoms with E-state index in [-0.39, 0.29) is 20.5 Å². The van der Waals surface area contributed by atoms with Gasteiger partial charge in [-0.05, 0) is 23.8 Å². The van der Waals surface area contributed by atoms with Crippen LogP contribution < -0.4 is 0 Å². The van der Waals surface area contributed by atoms with Crippen molar-refractivity contribution in [2.75, 3.05) is 0 Å². The van der Waals surface area contributed by atoms with E-state index in [0.717, 1.165) is 16.7 Å². The van der Waals surface area contributed by atoms with Crippen LogP contribution in [-0.2, 0) is 4.79 Å². The first kappa shape index (κ1) is 16.9. The Labute approximate surface area is 151 Å². The van der Waals surface area contributed by atoms with Gasteiger partial charge in [0.15, 0.2) is 4.32 Å². The molecule has 1 aromatic carbocycles. The highest BCUT2D eigenvalue weighted by atomic mass is 32.2. The van der Waals surface area contributed by atoms with Crippen molar-refractivity contribution >= 4 is 51.9 Å². The van der Waals surface area contributed by atoms with E-state index in [0.29, 0.717) is 5.56 Å². The molecule has 1 aliphatic heterocycles. The van der Waals surface area contributed by atoms with Crippen LogP contribution in [0.15, 0.2) is 53.7 Å². The summed E-state index contributed by atoms with van der Waals surface area (Å²) in [6.45, 7) is 0. The lowest BCUT2D eigenvalue weighted by Crippen LogP contribution is -2.34. The smallest absolute Gasteiger partial charge is 0.268 e. The first-order valence-corrected chi connectivity index (χ1v) is 8.16. The first-order valence-electron chi connectivity index (χ1n) is 6.94. The predicted molar refractivity (Wildman–Crippen MR) is 96.7 cm³/mol. The van der Waals surface area contributed by atoms with E-state index in [2.05, 4.69) is 4.98 Å². The quantitative estimate of drug-likeness (QED) is 0.269. The minimum atomic E-state index is -0.560. The van der Waals surface area contributed by atoms with Crippen molar-refractivity contribution in [3.05, 3.63) is 74.9 Å². The van der Waals surface area contributed by atoms with Gasteiger partial charge in [-0.2, -0.15) is 0 Å². The van der Waals surface area contributed by atoms with Gasteiger partial charge in [0.05, 0.1) is 15.4 Å². The maximum atomic E-state index is 12.5. The van der Waals surface area contributed by atoms with Crippen LogP contribution in [-0.4, -0.2) is 30.9 Å². The van der Waals surface area contributed by atoms with Crippen molar-refractivity contribution in [2.45, 2.75) is 0 Å². The zero-order valence-corrected chi connectivity index (χ0v) is 14.1. The molecule has 1 saturated heterocycles. The molecular formula is C16H9N3O4S2. The van der Waals surface area contributed by atoms with Crippen LogP contribution in [0.5, 0.6) is 0 Å². The molecule has 1 aromatic heterocycles. The lowest BCUT2D eigenvalue weighted by Gasteiger charge is -2.11. The minimum absolute atomic E-state index is 0.0873. The van der Waals surface area contributed by atoms with Gasteiger partial charge in [0.1, 0.15) is 0 Å². The average Bonchev–Trinajstić information content (AvgIpc) is 2.89. The van der Waals surface area contributed by atoms with Crippen LogP contribution in [0.2, 0.25) is 0 Å². The second-order valence-corrected chi connectivity index (χ2v) is 6.59. The summed E-state index contributed by atoms with van der Waals surface area (Å²) in [5.41, 5.74) is 0.634. The molecule has 7 nitrogen and oxygen atoms in total. The number of nitro groups is 1. The molecule has 0 atom stereocenters. The Balaban J connectivity index is 1.90. The molecule has 0 aliphatic carbocycles. The highest BCUT2D eigenvalue weighted by Gasteiger charge is 2.37. The molecule has 3 rings (SSSR count). The molecule has 0 saturated carbocycles. The van der Waals surface area contributed by atoms with Crippen LogP contribution in [0.25, 0.3) is 6.08 Å². The number of non-ortho nitro benzene ring substituents is 1. The Kier molecular flexibility index (Phi) is 4.68. The van der Waals surface area contributed by atoms with Gasteiger partial charge in [-0.3, -0.25) is 24.7 Å². The summed E-state index contributed by atoms with van der Waals surface area (Å²) >= 11 is 6.10. The molecule has 124 valence electrons. The third kappa shape index (κ3) is 3.47. The monoisotopic (exact) mass is 371 g/mol. The number of hydrogen-bond donors (Lipinski definition) is 0. The molecule has 2 heterocycles. The van der Waals surface area contributed by atoms with Gasteiger partial charge in [0.2, 0.25) is 0 Å². The molecule has 0 bridgehead atoms. The summed E-state index contributed by atoms with van der Waals surface area (Å²) < 4.78 is 0.107.